The van der Waals surface area contributed by atoms with E-state index in [1.807, 2.05) is 20.8 Å². The van der Waals surface area contributed by atoms with Crippen LogP contribution < -0.4 is 5.32 Å². The zero-order chi connectivity index (χ0) is 22.4. The van der Waals surface area contributed by atoms with Crippen LogP contribution in [-0.2, 0) is 10.9 Å². The van der Waals surface area contributed by atoms with Crippen molar-refractivity contribution in [2.24, 2.45) is 5.92 Å². The molecule has 1 aromatic carbocycles. The summed E-state index contributed by atoms with van der Waals surface area (Å²) in [6, 6.07) is 4.86. The number of carbonyl (C=O) groups is 2. The first-order valence-corrected chi connectivity index (χ1v) is 10.4. The van der Waals surface area contributed by atoms with Crippen molar-refractivity contribution in [2.75, 3.05) is 19.6 Å². The number of hydrogen-bond acceptors (Lipinski definition) is 3. The van der Waals surface area contributed by atoms with Crippen LogP contribution in [0.3, 0.4) is 0 Å². The predicted molar refractivity (Wildman–Crippen MR) is 108 cm³/mol. The van der Waals surface area contributed by atoms with Crippen LogP contribution in [0.25, 0.3) is 0 Å². The normalized spacial score (nSPS) is 16.9. The molecule has 1 aliphatic carbocycles. The maximum absolute atomic E-state index is 12.7. The van der Waals surface area contributed by atoms with E-state index in [0.717, 1.165) is 51.3 Å². The molecule has 0 unspecified atom stereocenters. The molecule has 2 aliphatic rings. The van der Waals surface area contributed by atoms with Gasteiger partial charge in [0.25, 0.3) is 5.91 Å². The highest BCUT2D eigenvalue weighted by molar-refractivity contribution is 5.95. The second-order valence-electron chi connectivity index (χ2n) is 8.72. The number of ether oxygens (including phenoxy) is 1. The Balaban J connectivity index is 0.000000232. The second-order valence-corrected chi connectivity index (χ2v) is 8.72. The fourth-order valence-corrected chi connectivity index (χ4v) is 3.18. The van der Waals surface area contributed by atoms with Crippen LogP contribution in [0, 0.1) is 5.92 Å². The van der Waals surface area contributed by atoms with Crippen molar-refractivity contribution in [1.82, 2.24) is 10.2 Å². The van der Waals surface area contributed by atoms with Crippen molar-refractivity contribution in [1.29, 1.82) is 0 Å². The fourth-order valence-electron chi connectivity index (χ4n) is 3.18. The van der Waals surface area contributed by atoms with E-state index in [1.54, 1.807) is 4.90 Å². The summed E-state index contributed by atoms with van der Waals surface area (Å²) in [7, 11) is 0. The van der Waals surface area contributed by atoms with Crippen LogP contribution in [0.2, 0.25) is 0 Å². The molecule has 1 saturated carbocycles. The minimum atomic E-state index is -4.50. The Morgan fingerprint density at radius 3 is 2.17 bits per heavy atom. The summed E-state index contributed by atoms with van der Waals surface area (Å²) < 4.78 is 43.3. The molecule has 3 rings (SSSR count). The van der Waals surface area contributed by atoms with Gasteiger partial charge >= 0.3 is 12.3 Å². The molecule has 0 aromatic heterocycles. The number of alkyl halides is 3. The number of hydrogen-bond donors (Lipinski definition) is 1. The Morgan fingerprint density at radius 1 is 1.07 bits per heavy atom. The predicted octanol–water partition coefficient (Wildman–Crippen LogP) is 5.25. The fraction of sp³-hybridized carbons (Fsp3) is 0.636. The average molecular weight is 428 g/mol. The smallest absolute Gasteiger partial charge is 0.417 e. The molecule has 1 heterocycles. The first-order valence-electron chi connectivity index (χ1n) is 10.4. The van der Waals surface area contributed by atoms with E-state index in [0.29, 0.717) is 12.5 Å². The lowest BCUT2D eigenvalue weighted by atomic mass is 9.85. The van der Waals surface area contributed by atoms with Gasteiger partial charge in [0.1, 0.15) is 5.60 Å². The highest BCUT2D eigenvalue weighted by Crippen LogP contribution is 2.32. The van der Waals surface area contributed by atoms with Gasteiger partial charge in [-0.05, 0) is 64.5 Å². The van der Waals surface area contributed by atoms with E-state index in [4.69, 9.17) is 4.74 Å². The monoisotopic (exact) mass is 428 g/mol. The van der Waals surface area contributed by atoms with Gasteiger partial charge < -0.3 is 15.0 Å². The van der Waals surface area contributed by atoms with Gasteiger partial charge in [-0.1, -0.05) is 18.6 Å². The number of nitrogens with one attached hydrogen (secondary N) is 1. The van der Waals surface area contributed by atoms with Gasteiger partial charge in [-0.3, -0.25) is 4.79 Å². The van der Waals surface area contributed by atoms with Gasteiger partial charge in [-0.25, -0.2) is 4.79 Å². The van der Waals surface area contributed by atoms with Crippen molar-refractivity contribution < 1.29 is 27.5 Å². The molecule has 1 aliphatic heterocycles. The van der Waals surface area contributed by atoms with E-state index in [-0.39, 0.29) is 17.3 Å². The molecule has 8 heteroatoms. The lowest BCUT2D eigenvalue weighted by Gasteiger charge is -2.25. The molecule has 2 amide bonds. The standard InChI is InChI=1S/C13H14F3NO.C9H17NO2/c14-13(15,16)11-7-2-1-6-10(11)12(18)17-8-9-4-3-5-9;1-9(2,3)12-8(11)10-6-4-5-7-10/h1-2,6-7,9H,3-5,8H2,(H,17,18);4-7H2,1-3H3. The summed E-state index contributed by atoms with van der Waals surface area (Å²) in [5.74, 6) is -0.221. The van der Waals surface area contributed by atoms with Crippen LogP contribution in [0.1, 0.15) is 68.8 Å². The highest BCUT2D eigenvalue weighted by Gasteiger charge is 2.35. The highest BCUT2D eigenvalue weighted by atomic mass is 19.4. The summed E-state index contributed by atoms with van der Waals surface area (Å²) in [5.41, 5.74) is -1.54. The molecule has 1 N–H and O–H groups in total. The second kappa shape index (κ2) is 10.2. The summed E-state index contributed by atoms with van der Waals surface area (Å²) in [4.78, 5) is 24.9. The van der Waals surface area contributed by atoms with Crippen LogP contribution in [0.15, 0.2) is 24.3 Å². The molecule has 1 saturated heterocycles. The third kappa shape index (κ3) is 7.54. The summed E-state index contributed by atoms with van der Waals surface area (Å²) in [6.45, 7) is 7.85. The van der Waals surface area contributed by atoms with Gasteiger partial charge in [0, 0.05) is 19.6 Å². The number of benzene rings is 1. The number of likely N-dealkylation sites (tertiary alicyclic amines) is 1. The number of halogens is 3. The Hall–Kier alpha value is -2.25. The van der Waals surface area contributed by atoms with Gasteiger partial charge in [0.2, 0.25) is 0 Å². The third-order valence-electron chi connectivity index (χ3n) is 5.01. The quantitative estimate of drug-likeness (QED) is 0.715. The van der Waals surface area contributed by atoms with Crippen LogP contribution in [0.4, 0.5) is 18.0 Å². The summed E-state index contributed by atoms with van der Waals surface area (Å²) >= 11 is 0. The zero-order valence-corrected chi connectivity index (χ0v) is 17.8. The molecule has 2 fully saturated rings. The number of nitrogens with zero attached hydrogens (tertiary/aromatic N) is 1. The van der Waals surface area contributed by atoms with Crippen LogP contribution >= 0.6 is 0 Å². The maximum atomic E-state index is 12.7. The number of carbonyl (C=O) groups excluding carboxylic acids is 2. The van der Waals surface area contributed by atoms with E-state index >= 15 is 0 Å². The minimum Gasteiger partial charge on any atom is -0.444 e. The van der Waals surface area contributed by atoms with Gasteiger partial charge in [0.15, 0.2) is 0 Å². The number of rotatable bonds is 3. The van der Waals surface area contributed by atoms with Gasteiger partial charge in [-0.2, -0.15) is 13.2 Å². The largest absolute Gasteiger partial charge is 0.444 e. The first-order chi connectivity index (χ1) is 14.0. The van der Waals surface area contributed by atoms with Crippen molar-refractivity contribution in [3.63, 3.8) is 0 Å². The lowest BCUT2D eigenvalue weighted by Crippen LogP contribution is -2.34. The molecule has 0 atom stereocenters. The Labute approximate surface area is 176 Å². The lowest BCUT2D eigenvalue weighted by molar-refractivity contribution is -0.137. The Morgan fingerprint density at radius 2 is 1.67 bits per heavy atom. The third-order valence-corrected chi connectivity index (χ3v) is 5.01. The summed E-state index contributed by atoms with van der Waals surface area (Å²) in [6.07, 6.45) is 0.783. The summed E-state index contributed by atoms with van der Waals surface area (Å²) in [5, 5.41) is 2.57. The van der Waals surface area contributed by atoms with Crippen molar-refractivity contribution in [3.05, 3.63) is 35.4 Å². The molecular formula is C22H31F3N2O3. The van der Waals surface area contributed by atoms with Crippen molar-refractivity contribution in [3.8, 4) is 0 Å². The molecule has 0 radical (unpaired) electrons. The molecule has 168 valence electrons. The van der Waals surface area contributed by atoms with E-state index < -0.39 is 17.6 Å². The minimum absolute atomic E-state index is 0.167. The van der Waals surface area contributed by atoms with Gasteiger partial charge in [-0.15, -0.1) is 0 Å². The Kier molecular flexibility index (Phi) is 8.15. The SMILES string of the molecule is CC(C)(C)OC(=O)N1CCCC1.O=C(NCC1CCC1)c1ccccc1C(F)(F)F. The topological polar surface area (TPSA) is 58.6 Å². The van der Waals surface area contributed by atoms with E-state index in [2.05, 4.69) is 5.32 Å². The van der Waals surface area contributed by atoms with Gasteiger partial charge in [0.05, 0.1) is 11.1 Å². The van der Waals surface area contributed by atoms with Crippen molar-refractivity contribution >= 4 is 12.0 Å². The van der Waals surface area contributed by atoms with Crippen LogP contribution in [-0.4, -0.2) is 42.1 Å². The Bertz CT molecular complexity index is 719. The maximum Gasteiger partial charge on any atom is 0.417 e. The van der Waals surface area contributed by atoms with E-state index in [1.165, 1.54) is 18.2 Å². The zero-order valence-electron chi connectivity index (χ0n) is 17.8. The van der Waals surface area contributed by atoms with E-state index in [9.17, 15) is 22.8 Å². The first kappa shape index (κ1) is 24.0. The molecule has 1 aromatic rings. The van der Waals surface area contributed by atoms with Crippen LogP contribution in [0.5, 0.6) is 0 Å². The van der Waals surface area contributed by atoms with Crippen molar-refractivity contribution in [2.45, 2.75) is 64.7 Å². The average Bonchev–Trinajstić information content (AvgIpc) is 3.13. The number of amides is 2. The molecule has 5 nitrogen and oxygen atoms in total. The molecule has 0 bridgehead atoms. The molecular weight excluding hydrogens is 397 g/mol. The molecule has 0 spiro atoms. The molecule has 30 heavy (non-hydrogen) atoms.